The lowest BCUT2D eigenvalue weighted by Crippen LogP contribution is -2.03. The van der Waals surface area contributed by atoms with Crippen molar-refractivity contribution in [1.29, 1.82) is 0 Å². The molecule has 0 aliphatic rings. The van der Waals surface area contributed by atoms with E-state index < -0.39 is 0 Å². The van der Waals surface area contributed by atoms with Crippen LogP contribution in [0.25, 0.3) is 32.9 Å². The normalized spacial score (nSPS) is 11.5. The first kappa shape index (κ1) is 24.6. The third kappa shape index (κ3) is 4.76. The fraction of sp³-hybridized carbons (Fsp3) is 0.188. The van der Waals surface area contributed by atoms with E-state index in [-0.39, 0.29) is 0 Å². The molecule has 5 nitrogen and oxygen atoms in total. The standard InChI is InChI=1S/C32H29BrN5/c1-2-3-5-13-28-27-12-8-9-14-29(27)38(21-22-10-6-4-7-11-22)32(28)25-17-18-26-23(19-25)15-16-24(31(26)33)20-30-34-36-37-35-30/h4,6-12,14-20H,2-3,5,13,21H2,1H3,(H,34,35,36,37). The maximum absolute atomic E-state index is 4.00. The number of benzene rings is 4. The Bertz CT molecular complexity index is 1690. The van der Waals surface area contributed by atoms with E-state index in [1.165, 1.54) is 57.9 Å². The van der Waals surface area contributed by atoms with Gasteiger partial charge in [-0.2, -0.15) is 0 Å². The summed E-state index contributed by atoms with van der Waals surface area (Å²) in [4.78, 5) is 0. The summed E-state index contributed by atoms with van der Waals surface area (Å²) in [6.45, 7) is 3.11. The highest BCUT2D eigenvalue weighted by atomic mass is 79.9. The number of rotatable bonds is 9. The van der Waals surface area contributed by atoms with E-state index in [9.17, 15) is 0 Å². The predicted molar refractivity (Wildman–Crippen MR) is 158 cm³/mol. The molecule has 0 aliphatic carbocycles. The molecule has 189 valence electrons. The predicted octanol–water partition coefficient (Wildman–Crippen LogP) is 8.12. The topological polar surface area (TPSA) is 59.4 Å². The molecule has 0 saturated carbocycles. The number of hydrogen-bond donors (Lipinski definition) is 1. The number of H-pyrrole nitrogens is 1. The third-order valence-electron chi connectivity index (χ3n) is 7.20. The fourth-order valence-electron chi connectivity index (χ4n) is 5.38. The van der Waals surface area contributed by atoms with Gasteiger partial charge < -0.3 is 4.57 Å². The van der Waals surface area contributed by atoms with Gasteiger partial charge in [-0.1, -0.05) is 92.6 Å². The second-order valence-electron chi connectivity index (χ2n) is 9.71. The average molecular weight is 564 g/mol. The zero-order valence-electron chi connectivity index (χ0n) is 21.4. The lowest BCUT2D eigenvalue weighted by atomic mass is 9.97. The van der Waals surface area contributed by atoms with Crippen molar-refractivity contribution in [3.8, 4) is 11.3 Å². The molecule has 1 radical (unpaired) electrons. The average Bonchev–Trinajstić information content (AvgIpc) is 3.57. The van der Waals surface area contributed by atoms with Gasteiger partial charge in [0.15, 0.2) is 5.82 Å². The van der Waals surface area contributed by atoms with Gasteiger partial charge in [0.25, 0.3) is 0 Å². The molecule has 0 unspecified atom stereocenters. The molecular weight excluding hydrogens is 534 g/mol. The van der Waals surface area contributed by atoms with E-state index in [0.29, 0.717) is 5.82 Å². The van der Waals surface area contributed by atoms with Crippen molar-refractivity contribution in [2.24, 2.45) is 0 Å². The summed E-state index contributed by atoms with van der Waals surface area (Å²) in [6, 6.07) is 30.8. The van der Waals surface area contributed by atoms with Crippen LogP contribution >= 0.6 is 15.9 Å². The molecule has 0 fully saturated rings. The summed E-state index contributed by atoms with van der Waals surface area (Å²) in [5.74, 6) is 0.629. The van der Waals surface area contributed by atoms with Crippen molar-refractivity contribution < 1.29 is 0 Å². The van der Waals surface area contributed by atoms with Crippen LogP contribution in [0.2, 0.25) is 0 Å². The zero-order valence-corrected chi connectivity index (χ0v) is 22.9. The van der Waals surface area contributed by atoms with E-state index in [1.807, 2.05) is 6.42 Å². The Morgan fingerprint density at radius 2 is 1.74 bits per heavy atom. The number of hydrogen-bond acceptors (Lipinski definition) is 3. The number of aromatic amines is 1. The van der Waals surface area contributed by atoms with E-state index >= 15 is 0 Å². The molecule has 6 aromatic rings. The van der Waals surface area contributed by atoms with Crippen LogP contribution in [0.4, 0.5) is 0 Å². The van der Waals surface area contributed by atoms with Gasteiger partial charge in [-0.15, -0.1) is 5.10 Å². The number of aromatic nitrogens is 5. The minimum Gasteiger partial charge on any atom is -0.336 e. The number of para-hydroxylation sites is 1. The minimum absolute atomic E-state index is 0.629. The van der Waals surface area contributed by atoms with Crippen molar-refractivity contribution >= 4 is 37.6 Å². The lowest BCUT2D eigenvalue weighted by molar-refractivity contribution is 0.717. The Kier molecular flexibility index (Phi) is 7.06. The molecular formula is C32H29BrN5. The Labute approximate surface area is 231 Å². The zero-order chi connectivity index (χ0) is 25.9. The number of aryl methyl sites for hydroxylation is 1. The monoisotopic (exact) mass is 562 g/mol. The number of fused-ring (bicyclic) bond motifs is 2. The van der Waals surface area contributed by atoms with Crippen LogP contribution in [0.1, 0.15) is 48.7 Å². The van der Waals surface area contributed by atoms with Crippen molar-refractivity contribution in [2.75, 3.05) is 0 Å². The Morgan fingerprint density at radius 3 is 2.55 bits per heavy atom. The second kappa shape index (κ2) is 10.9. The molecule has 38 heavy (non-hydrogen) atoms. The molecule has 6 heteroatoms. The summed E-state index contributed by atoms with van der Waals surface area (Å²) in [6.07, 6.45) is 6.67. The van der Waals surface area contributed by atoms with Gasteiger partial charge in [-0.05, 0) is 84.4 Å². The quantitative estimate of drug-likeness (QED) is 0.181. The fourth-order valence-corrected chi connectivity index (χ4v) is 5.99. The van der Waals surface area contributed by atoms with Gasteiger partial charge in [0.2, 0.25) is 0 Å². The van der Waals surface area contributed by atoms with Gasteiger partial charge in [-0.25, -0.2) is 5.10 Å². The molecule has 0 spiro atoms. The number of nitrogens with one attached hydrogen (secondary N) is 1. The minimum atomic E-state index is 0.629. The summed E-state index contributed by atoms with van der Waals surface area (Å²) >= 11 is 3.83. The molecule has 0 amide bonds. The number of nitrogens with zero attached hydrogens (tertiary/aromatic N) is 4. The smallest absolute Gasteiger partial charge is 0.157 e. The number of halogens is 1. The van der Waals surface area contributed by atoms with Crippen LogP contribution in [-0.4, -0.2) is 25.2 Å². The van der Waals surface area contributed by atoms with Gasteiger partial charge in [-0.3, -0.25) is 0 Å². The molecule has 0 atom stereocenters. The van der Waals surface area contributed by atoms with Crippen molar-refractivity contribution in [3.05, 3.63) is 118 Å². The van der Waals surface area contributed by atoms with Crippen molar-refractivity contribution in [1.82, 2.24) is 25.2 Å². The maximum Gasteiger partial charge on any atom is 0.157 e. The summed E-state index contributed by atoms with van der Waals surface area (Å²) in [5.41, 5.74) is 7.66. The second-order valence-corrected chi connectivity index (χ2v) is 10.5. The molecule has 2 heterocycles. The highest BCUT2D eigenvalue weighted by Gasteiger charge is 2.19. The molecule has 0 saturated heterocycles. The van der Waals surface area contributed by atoms with E-state index in [1.54, 1.807) is 0 Å². The van der Waals surface area contributed by atoms with Crippen LogP contribution in [0.5, 0.6) is 0 Å². The number of tetrazole rings is 1. The number of unbranched alkanes of at least 4 members (excludes halogenated alkanes) is 2. The first-order chi connectivity index (χ1) is 18.7. The molecule has 1 N–H and O–H groups in total. The van der Waals surface area contributed by atoms with Crippen molar-refractivity contribution in [3.63, 3.8) is 0 Å². The van der Waals surface area contributed by atoms with Crippen LogP contribution in [-0.2, 0) is 13.0 Å². The molecule has 4 aromatic carbocycles. The van der Waals surface area contributed by atoms with Crippen molar-refractivity contribution in [2.45, 2.75) is 39.2 Å². The van der Waals surface area contributed by atoms with Gasteiger partial charge in [0, 0.05) is 21.9 Å². The van der Waals surface area contributed by atoms with Gasteiger partial charge >= 0.3 is 0 Å². The van der Waals surface area contributed by atoms with E-state index in [2.05, 4.69) is 133 Å². The van der Waals surface area contributed by atoms with Gasteiger partial charge in [0.05, 0.1) is 12.1 Å². The van der Waals surface area contributed by atoms with Crippen LogP contribution < -0.4 is 0 Å². The summed E-state index contributed by atoms with van der Waals surface area (Å²) < 4.78 is 3.55. The first-order valence-electron chi connectivity index (χ1n) is 13.2. The van der Waals surface area contributed by atoms with E-state index in [0.717, 1.165) is 28.4 Å². The Balaban J connectivity index is 1.50. The third-order valence-corrected chi connectivity index (χ3v) is 8.09. The largest absolute Gasteiger partial charge is 0.336 e. The highest BCUT2D eigenvalue weighted by Crippen LogP contribution is 2.38. The van der Waals surface area contributed by atoms with Crippen LogP contribution in [0.3, 0.4) is 0 Å². The summed E-state index contributed by atoms with van der Waals surface area (Å²) in [7, 11) is 0. The first-order valence-corrected chi connectivity index (χ1v) is 14.0. The van der Waals surface area contributed by atoms with Crippen LogP contribution in [0.15, 0.2) is 89.4 Å². The molecule has 0 bridgehead atoms. The van der Waals surface area contributed by atoms with E-state index in [4.69, 9.17) is 0 Å². The molecule has 2 aromatic heterocycles. The van der Waals surface area contributed by atoms with Gasteiger partial charge in [0.1, 0.15) is 0 Å². The van der Waals surface area contributed by atoms with Crippen LogP contribution in [0, 0.1) is 6.42 Å². The maximum atomic E-state index is 4.00. The highest BCUT2D eigenvalue weighted by molar-refractivity contribution is 9.10. The Morgan fingerprint density at radius 1 is 0.895 bits per heavy atom. The Hall–Kier alpha value is -3.77. The molecule has 0 aliphatic heterocycles. The SMILES string of the molecule is CCCCCc1c(-c2ccc3c(Br)c([CH]c4nnn[nH]4)ccc3c2)n(Cc2ccccc2)c2ccccc12. The molecule has 6 rings (SSSR count). The lowest BCUT2D eigenvalue weighted by Gasteiger charge is -2.15. The summed E-state index contributed by atoms with van der Waals surface area (Å²) in [5, 5.41) is 17.9.